The molecule has 0 saturated carbocycles. The molecule has 23 heavy (non-hydrogen) atoms. The number of carbonyl (C=O) groups excluding carboxylic acids is 2. The smallest absolute Gasteiger partial charge is 0.340 e. The van der Waals surface area contributed by atoms with Crippen molar-refractivity contribution in [3.05, 3.63) is 77.5 Å². The van der Waals surface area contributed by atoms with E-state index in [1.54, 1.807) is 12.1 Å². The van der Waals surface area contributed by atoms with Gasteiger partial charge >= 0.3 is 5.97 Å². The Morgan fingerprint density at radius 2 is 1.70 bits per heavy atom. The molecule has 0 fully saturated rings. The minimum Gasteiger partial charge on any atom is -0.465 e. The van der Waals surface area contributed by atoms with Gasteiger partial charge in [0.2, 0.25) is 5.78 Å². The van der Waals surface area contributed by atoms with E-state index in [-0.39, 0.29) is 17.0 Å². The van der Waals surface area contributed by atoms with Crippen molar-refractivity contribution in [2.75, 3.05) is 7.11 Å². The molecule has 0 aliphatic rings. The van der Waals surface area contributed by atoms with Crippen LogP contribution in [0.1, 0.15) is 26.4 Å². The SMILES string of the molecule is COC(=O)c1c(C(=O)/C=C/c2ccccc2)[nH]c2ccccc12. The fourth-order valence-corrected chi connectivity index (χ4v) is 2.46. The molecular formula is C19H15NO3. The Bertz CT molecular complexity index is 891. The van der Waals surface area contributed by atoms with E-state index in [4.69, 9.17) is 4.74 Å². The molecule has 0 radical (unpaired) electrons. The van der Waals surface area contributed by atoms with Gasteiger partial charge in [-0.05, 0) is 17.7 Å². The van der Waals surface area contributed by atoms with Crippen LogP contribution in [0, 0.1) is 0 Å². The van der Waals surface area contributed by atoms with Crippen LogP contribution >= 0.6 is 0 Å². The van der Waals surface area contributed by atoms with Gasteiger partial charge in [-0.15, -0.1) is 0 Å². The summed E-state index contributed by atoms with van der Waals surface area (Å²) in [5.74, 6) is -0.802. The number of benzene rings is 2. The number of allylic oxidation sites excluding steroid dienone is 1. The van der Waals surface area contributed by atoms with Crippen molar-refractivity contribution in [3.8, 4) is 0 Å². The number of hydrogen-bond donors (Lipinski definition) is 1. The lowest BCUT2D eigenvalue weighted by molar-refractivity contribution is 0.0600. The van der Waals surface area contributed by atoms with Crippen molar-refractivity contribution in [2.45, 2.75) is 0 Å². The van der Waals surface area contributed by atoms with Crippen LogP contribution in [0.3, 0.4) is 0 Å². The van der Waals surface area contributed by atoms with Gasteiger partial charge in [0, 0.05) is 10.9 Å². The molecule has 0 unspecified atom stereocenters. The van der Waals surface area contributed by atoms with E-state index in [1.165, 1.54) is 13.2 Å². The lowest BCUT2D eigenvalue weighted by atomic mass is 10.1. The molecule has 1 N–H and O–H groups in total. The monoisotopic (exact) mass is 305 g/mol. The summed E-state index contributed by atoms with van der Waals surface area (Å²) in [7, 11) is 1.30. The molecule has 1 heterocycles. The molecule has 4 nitrogen and oxygen atoms in total. The number of fused-ring (bicyclic) bond motifs is 1. The van der Waals surface area contributed by atoms with Crippen LogP contribution in [0.25, 0.3) is 17.0 Å². The number of esters is 1. The lowest BCUT2D eigenvalue weighted by Crippen LogP contribution is -2.07. The first-order chi connectivity index (χ1) is 11.2. The number of para-hydroxylation sites is 1. The van der Waals surface area contributed by atoms with Crippen LogP contribution < -0.4 is 0 Å². The summed E-state index contributed by atoms with van der Waals surface area (Å²) in [5, 5.41) is 0.677. The average molecular weight is 305 g/mol. The van der Waals surface area contributed by atoms with Gasteiger partial charge in [0.15, 0.2) is 0 Å². The van der Waals surface area contributed by atoms with Gasteiger partial charge in [-0.25, -0.2) is 4.79 Å². The Balaban J connectivity index is 2.03. The van der Waals surface area contributed by atoms with Crippen molar-refractivity contribution in [1.29, 1.82) is 0 Å². The zero-order valence-electron chi connectivity index (χ0n) is 12.6. The largest absolute Gasteiger partial charge is 0.465 e. The van der Waals surface area contributed by atoms with Crippen LogP contribution in [0.2, 0.25) is 0 Å². The fraction of sp³-hybridized carbons (Fsp3) is 0.0526. The highest BCUT2D eigenvalue weighted by Crippen LogP contribution is 2.24. The van der Waals surface area contributed by atoms with Crippen molar-refractivity contribution in [3.63, 3.8) is 0 Å². The quantitative estimate of drug-likeness (QED) is 0.452. The lowest BCUT2D eigenvalue weighted by Gasteiger charge is -2.00. The minimum absolute atomic E-state index is 0.241. The van der Waals surface area contributed by atoms with Gasteiger partial charge in [0.05, 0.1) is 12.7 Å². The molecule has 3 aromatic rings. The first kappa shape index (κ1) is 14.8. The number of H-pyrrole nitrogens is 1. The van der Waals surface area contributed by atoms with Crippen molar-refractivity contribution in [2.24, 2.45) is 0 Å². The van der Waals surface area contributed by atoms with E-state index in [1.807, 2.05) is 48.5 Å². The number of ketones is 1. The van der Waals surface area contributed by atoms with Gasteiger partial charge in [-0.2, -0.15) is 0 Å². The molecule has 3 rings (SSSR count). The third-order valence-corrected chi connectivity index (χ3v) is 3.57. The van der Waals surface area contributed by atoms with Crippen LogP contribution in [0.15, 0.2) is 60.7 Å². The van der Waals surface area contributed by atoms with Crippen molar-refractivity contribution in [1.82, 2.24) is 4.98 Å². The Morgan fingerprint density at radius 3 is 2.43 bits per heavy atom. The van der Waals surface area contributed by atoms with Gasteiger partial charge in [-0.1, -0.05) is 54.6 Å². The fourth-order valence-electron chi connectivity index (χ4n) is 2.46. The molecule has 0 aliphatic heterocycles. The standard InChI is InChI=1S/C19H15NO3/c1-23-19(22)17-14-9-5-6-10-15(14)20-18(17)16(21)12-11-13-7-3-2-4-8-13/h2-12,20H,1H3/b12-11+. The average Bonchev–Trinajstić information content (AvgIpc) is 2.99. The van der Waals surface area contributed by atoms with Gasteiger partial charge in [-0.3, -0.25) is 4.79 Å². The second-order valence-electron chi connectivity index (χ2n) is 5.02. The third kappa shape index (κ3) is 2.92. The van der Waals surface area contributed by atoms with Crippen LogP contribution in [0.5, 0.6) is 0 Å². The molecule has 4 heteroatoms. The normalized spacial score (nSPS) is 11.0. The first-order valence-electron chi connectivity index (χ1n) is 7.17. The highest BCUT2D eigenvalue weighted by molar-refractivity contribution is 6.18. The topological polar surface area (TPSA) is 59.2 Å². The van der Waals surface area contributed by atoms with E-state index >= 15 is 0 Å². The molecule has 0 bridgehead atoms. The summed E-state index contributed by atoms with van der Waals surface area (Å²) in [6.07, 6.45) is 3.17. The molecule has 0 atom stereocenters. The predicted molar refractivity (Wildman–Crippen MR) is 89.4 cm³/mol. The first-order valence-corrected chi connectivity index (χ1v) is 7.17. The Morgan fingerprint density at radius 1 is 1.00 bits per heavy atom. The summed E-state index contributed by atoms with van der Waals surface area (Å²) in [6.45, 7) is 0. The van der Waals surface area contributed by atoms with E-state index in [9.17, 15) is 9.59 Å². The number of aromatic nitrogens is 1. The highest BCUT2D eigenvalue weighted by atomic mass is 16.5. The number of aromatic amines is 1. The van der Waals surface area contributed by atoms with E-state index in [0.717, 1.165) is 11.1 Å². The van der Waals surface area contributed by atoms with E-state index in [0.29, 0.717) is 5.39 Å². The van der Waals surface area contributed by atoms with Crippen LogP contribution in [0.4, 0.5) is 0 Å². The molecule has 0 amide bonds. The van der Waals surface area contributed by atoms with E-state index in [2.05, 4.69) is 4.98 Å². The van der Waals surface area contributed by atoms with Gasteiger partial charge in [0.25, 0.3) is 0 Å². The molecule has 0 spiro atoms. The predicted octanol–water partition coefficient (Wildman–Crippen LogP) is 3.85. The summed E-state index contributed by atoms with van der Waals surface area (Å²) in [5.41, 5.74) is 2.15. The number of ether oxygens (including phenoxy) is 1. The molecule has 1 aromatic heterocycles. The summed E-state index contributed by atoms with van der Waals surface area (Å²) in [6, 6.07) is 16.8. The minimum atomic E-state index is -0.529. The second-order valence-corrected chi connectivity index (χ2v) is 5.02. The third-order valence-electron chi connectivity index (χ3n) is 3.57. The molecule has 114 valence electrons. The Hall–Kier alpha value is -3.14. The maximum absolute atomic E-state index is 12.5. The van der Waals surface area contributed by atoms with Gasteiger partial charge < -0.3 is 9.72 Å². The summed E-state index contributed by atoms with van der Waals surface area (Å²) in [4.78, 5) is 27.6. The number of carbonyl (C=O) groups is 2. The van der Waals surface area contributed by atoms with Crippen molar-refractivity contribution >= 4 is 28.7 Å². The Kier molecular flexibility index (Phi) is 4.06. The highest BCUT2D eigenvalue weighted by Gasteiger charge is 2.22. The number of methoxy groups -OCH3 is 1. The number of hydrogen-bond acceptors (Lipinski definition) is 3. The molecule has 0 saturated heterocycles. The van der Waals surface area contributed by atoms with Crippen LogP contribution in [-0.2, 0) is 4.74 Å². The zero-order chi connectivity index (χ0) is 16.2. The molecular weight excluding hydrogens is 290 g/mol. The number of nitrogens with one attached hydrogen (secondary N) is 1. The molecule has 0 aliphatic carbocycles. The maximum atomic E-state index is 12.5. The zero-order valence-corrected chi connectivity index (χ0v) is 12.6. The van der Waals surface area contributed by atoms with Crippen molar-refractivity contribution < 1.29 is 14.3 Å². The summed E-state index contributed by atoms with van der Waals surface area (Å²) < 4.78 is 4.82. The number of rotatable bonds is 4. The maximum Gasteiger partial charge on any atom is 0.340 e. The van der Waals surface area contributed by atoms with E-state index < -0.39 is 5.97 Å². The van der Waals surface area contributed by atoms with Gasteiger partial charge in [0.1, 0.15) is 5.69 Å². The Labute approximate surface area is 133 Å². The molecule has 2 aromatic carbocycles. The second kappa shape index (κ2) is 6.32. The van der Waals surface area contributed by atoms with Crippen LogP contribution in [-0.4, -0.2) is 23.8 Å². The summed E-state index contributed by atoms with van der Waals surface area (Å²) >= 11 is 0.